The van der Waals surface area contributed by atoms with Crippen molar-refractivity contribution in [3.8, 4) is 5.75 Å². The first-order valence-corrected chi connectivity index (χ1v) is 8.05. The smallest absolute Gasteiger partial charge is 0.257 e. The standard InChI is InChI=1S/C16H23N3O2S/c1-21-14-7-5-13(6-8-14)15(20)18-16(22)17-9-12-19-10-3-2-4-11-19/h5-8H,2-4,9-12H2,1H3,(H2,17,18,20,22). The number of carbonyl (C=O) groups excluding carboxylic acids is 1. The Hall–Kier alpha value is -1.66. The van der Waals surface area contributed by atoms with Crippen LogP contribution in [0, 0.1) is 0 Å². The minimum atomic E-state index is -0.210. The van der Waals surface area contributed by atoms with E-state index in [9.17, 15) is 4.79 Å². The molecule has 0 atom stereocenters. The number of nitrogens with zero attached hydrogens (tertiary/aromatic N) is 1. The topological polar surface area (TPSA) is 53.6 Å². The molecule has 0 spiro atoms. The number of hydrogen-bond donors (Lipinski definition) is 2. The van der Waals surface area contributed by atoms with Gasteiger partial charge in [0.2, 0.25) is 0 Å². The molecule has 120 valence electrons. The average Bonchev–Trinajstić information content (AvgIpc) is 2.56. The number of ether oxygens (including phenoxy) is 1. The number of methoxy groups -OCH3 is 1. The summed E-state index contributed by atoms with van der Waals surface area (Å²) in [5.41, 5.74) is 0.556. The Kier molecular flexibility index (Phi) is 6.61. The van der Waals surface area contributed by atoms with Crippen molar-refractivity contribution in [2.75, 3.05) is 33.3 Å². The largest absolute Gasteiger partial charge is 0.497 e. The van der Waals surface area contributed by atoms with Gasteiger partial charge in [-0.2, -0.15) is 0 Å². The lowest BCUT2D eigenvalue weighted by Gasteiger charge is -2.26. The van der Waals surface area contributed by atoms with E-state index in [-0.39, 0.29) is 5.91 Å². The summed E-state index contributed by atoms with van der Waals surface area (Å²) in [6.07, 6.45) is 3.89. The summed E-state index contributed by atoms with van der Waals surface area (Å²) < 4.78 is 5.07. The van der Waals surface area contributed by atoms with Crippen LogP contribution in [0.25, 0.3) is 0 Å². The Morgan fingerprint density at radius 3 is 2.55 bits per heavy atom. The molecular formula is C16H23N3O2S. The fourth-order valence-electron chi connectivity index (χ4n) is 2.47. The summed E-state index contributed by atoms with van der Waals surface area (Å²) in [5, 5.41) is 6.15. The maximum Gasteiger partial charge on any atom is 0.257 e. The summed E-state index contributed by atoms with van der Waals surface area (Å²) in [6.45, 7) is 4.03. The second-order valence-electron chi connectivity index (χ2n) is 5.34. The molecule has 1 saturated heterocycles. The Morgan fingerprint density at radius 2 is 1.91 bits per heavy atom. The number of hydrogen-bond acceptors (Lipinski definition) is 4. The van der Waals surface area contributed by atoms with Crippen LogP contribution in [-0.4, -0.2) is 49.2 Å². The first-order valence-electron chi connectivity index (χ1n) is 7.64. The lowest BCUT2D eigenvalue weighted by atomic mass is 10.1. The third-order valence-electron chi connectivity index (χ3n) is 3.74. The van der Waals surface area contributed by atoms with Crippen molar-refractivity contribution in [1.82, 2.24) is 15.5 Å². The van der Waals surface area contributed by atoms with Gasteiger partial charge in [-0.05, 0) is 62.4 Å². The maximum absolute atomic E-state index is 12.0. The molecule has 2 rings (SSSR count). The van der Waals surface area contributed by atoms with Gasteiger partial charge in [-0.25, -0.2) is 0 Å². The van der Waals surface area contributed by atoms with Gasteiger partial charge >= 0.3 is 0 Å². The normalized spacial score (nSPS) is 15.1. The molecule has 0 unspecified atom stereocenters. The fourth-order valence-corrected chi connectivity index (χ4v) is 2.67. The van der Waals surface area contributed by atoms with Crippen molar-refractivity contribution in [2.24, 2.45) is 0 Å². The number of thiocarbonyl (C=S) groups is 1. The molecule has 1 aliphatic rings. The molecule has 0 aliphatic carbocycles. The molecule has 22 heavy (non-hydrogen) atoms. The Bertz CT molecular complexity index is 499. The van der Waals surface area contributed by atoms with Crippen LogP contribution in [0.2, 0.25) is 0 Å². The van der Waals surface area contributed by atoms with Crippen molar-refractivity contribution in [1.29, 1.82) is 0 Å². The SMILES string of the molecule is COc1ccc(C(=O)NC(=S)NCCN2CCCCC2)cc1. The highest BCUT2D eigenvalue weighted by atomic mass is 32.1. The minimum absolute atomic E-state index is 0.210. The van der Waals surface area contributed by atoms with Gasteiger partial charge in [-0.1, -0.05) is 6.42 Å². The molecule has 0 radical (unpaired) electrons. The van der Waals surface area contributed by atoms with Gasteiger partial charge in [0.25, 0.3) is 5.91 Å². The zero-order valence-electron chi connectivity index (χ0n) is 12.9. The molecule has 0 aromatic heterocycles. The van der Waals surface area contributed by atoms with Crippen molar-refractivity contribution in [2.45, 2.75) is 19.3 Å². The minimum Gasteiger partial charge on any atom is -0.497 e. The van der Waals surface area contributed by atoms with Crippen molar-refractivity contribution < 1.29 is 9.53 Å². The van der Waals surface area contributed by atoms with Crippen molar-refractivity contribution >= 4 is 23.2 Å². The van der Waals surface area contributed by atoms with Gasteiger partial charge in [0.15, 0.2) is 5.11 Å². The number of nitrogens with one attached hydrogen (secondary N) is 2. The first-order chi connectivity index (χ1) is 10.7. The fraction of sp³-hybridized carbons (Fsp3) is 0.500. The summed E-state index contributed by atoms with van der Waals surface area (Å²) in [4.78, 5) is 14.5. The van der Waals surface area contributed by atoms with Gasteiger partial charge in [0.05, 0.1) is 7.11 Å². The highest BCUT2D eigenvalue weighted by Gasteiger charge is 2.10. The molecule has 1 amide bonds. The second kappa shape index (κ2) is 8.70. The van der Waals surface area contributed by atoms with E-state index in [1.54, 1.807) is 31.4 Å². The predicted molar refractivity (Wildman–Crippen MR) is 91.4 cm³/mol. The number of carbonyl (C=O) groups is 1. The van der Waals surface area contributed by atoms with Crippen molar-refractivity contribution in [3.05, 3.63) is 29.8 Å². The Morgan fingerprint density at radius 1 is 1.23 bits per heavy atom. The quantitative estimate of drug-likeness (QED) is 0.810. The molecule has 6 heteroatoms. The molecule has 0 bridgehead atoms. The molecule has 5 nitrogen and oxygen atoms in total. The molecular weight excluding hydrogens is 298 g/mol. The lowest BCUT2D eigenvalue weighted by Crippen LogP contribution is -2.43. The van der Waals surface area contributed by atoms with Crippen LogP contribution in [0.15, 0.2) is 24.3 Å². The molecule has 1 aliphatic heterocycles. The third kappa shape index (κ3) is 5.27. The van der Waals surface area contributed by atoms with Crippen LogP contribution in [0.4, 0.5) is 0 Å². The Labute approximate surface area is 137 Å². The van der Waals surface area contributed by atoms with E-state index in [1.807, 2.05) is 0 Å². The first kappa shape index (κ1) is 16.7. The van der Waals surface area contributed by atoms with E-state index < -0.39 is 0 Å². The van der Waals surface area contributed by atoms with Gasteiger partial charge in [-0.15, -0.1) is 0 Å². The Balaban J connectivity index is 1.70. The highest BCUT2D eigenvalue weighted by molar-refractivity contribution is 7.80. The van der Waals surface area contributed by atoms with Gasteiger partial charge in [-0.3, -0.25) is 10.1 Å². The average molecular weight is 321 g/mol. The van der Waals surface area contributed by atoms with Crippen LogP contribution in [0.1, 0.15) is 29.6 Å². The summed E-state index contributed by atoms with van der Waals surface area (Å²) in [6, 6.07) is 6.93. The van der Waals surface area contributed by atoms with E-state index in [1.165, 1.54) is 19.3 Å². The number of amides is 1. The van der Waals surface area contributed by atoms with Gasteiger partial charge in [0.1, 0.15) is 5.75 Å². The summed E-state index contributed by atoms with van der Waals surface area (Å²) >= 11 is 5.16. The van der Waals surface area contributed by atoms with E-state index in [0.717, 1.165) is 31.9 Å². The second-order valence-corrected chi connectivity index (χ2v) is 5.75. The molecule has 2 N–H and O–H groups in total. The van der Waals surface area contributed by atoms with E-state index in [2.05, 4.69) is 15.5 Å². The number of rotatable bonds is 5. The number of likely N-dealkylation sites (tertiary alicyclic amines) is 1. The molecule has 1 heterocycles. The third-order valence-corrected chi connectivity index (χ3v) is 3.99. The van der Waals surface area contributed by atoms with Crippen molar-refractivity contribution in [3.63, 3.8) is 0 Å². The number of piperidine rings is 1. The zero-order valence-corrected chi connectivity index (χ0v) is 13.7. The van der Waals surface area contributed by atoms with E-state index in [0.29, 0.717) is 10.7 Å². The lowest BCUT2D eigenvalue weighted by molar-refractivity contribution is 0.0976. The van der Waals surface area contributed by atoms with Crippen LogP contribution >= 0.6 is 12.2 Å². The summed E-state index contributed by atoms with van der Waals surface area (Å²) in [7, 11) is 1.59. The molecule has 1 aromatic rings. The van der Waals surface area contributed by atoms with Crippen LogP contribution in [-0.2, 0) is 0 Å². The zero-order chi connectivity index (χ0) is 15.8. The molecule has 0 saturated carbocycles. The van der Waals surface area contributed by atoms with Gasteiger partial charge < -0.3 is 15.0 Å². The monoisotopic (exact) mass is 321 g/mol. The number of benzene rings is 1. The molecule has 1 aromatic carbocycles. The van der Waals surface area contributed by atoms with Gasteiger partial charge in [0, 0.05) is 18.7 Å². The summed E-state index contributed by atoms with van der Waals surface area (Å²) in [5.74, 6) is 0.511. The molecule has 1 fully saturated rings. The van der Waals surface area contributed by atoms with Crippen LogP contribution in [0.5, 0.6) is 5.75 Å². The maximum atomic E-state index is 12.0. The van der Waals surface area contributed by atoms with E-state index in [4.69, 9.17) is 17.0 Å². The highest BCUT2D eigenvalue weighted by Crippen LogP contribution is 2.11. The van der Waals surface area contributed by atoms with E-state index >= 15 is 0 Å². The predicted octanol–water partition coefficient (Wildman–Crippen LogP) is 1.79. The van der Waals surface area contributed by atoms with Crippen LogP contribution < -0.4 is 15.4 Å². The van der Waals surface area contributed by atoms with Crippen LogP contribution in [0.3, 0.4) is 0 Å².